The Kier molecular flexibility index (Phi) is 4.81. The molecule has 1 fully saturated rings. The molecule has 1 N–H and O–H groups in total. The summed E-state index contributed by atoms with van der Waals surface area (Å²) in [7, 11) is 2.18. The fraction of sp³-hybridized carbons (Fsp3) is 0.500. The molecule has 0 saturated heterocycles. The van der Waals surface area contributed by atoms with E-state index in [0.717, 1.165) is 18.0 Å². The van der Waals surface area contributed by atoms with Crippen molar-refractivity contribution < 1.29 is 5.11 Å². The maximum Gasteiger partial charge on any atom is 0.104 e. The second-order valence-corrected chi connectivity index (χ2v) is 5.11. The molecule has 1 aromatic carbocycles. The lowest BCUT2D eigenvalue weighted by Gasteiger charge is -2.30. The van der Waals surface area contributed by atoms with Crippen LogP contribution >= 0.6 is 0 Å². The summed E-state index contributed by atoms with van der Waals surface area (Å²) in [6, 6.07) is 8.20. The van der Waals surface area contributed by atoms with Crippen molar-refractivity contribution in [3.63, 3.8) is 0 Å². The Morgan fingerprint density at radius 3 is 2.78 bits per heavy atom. The molecule has 1 aromatic rings. The third-order valence-electron chi connectivity index (χ3n) is 3.55. The van der Waals surface area contributed by atoms with Crippen LogP contribution in [0.2, 0.25) is 0 Å². The zero-order chi connectivity index (χ0) is 12.8. The third kappa shape index (κ3) is 3.60. The first-order valence-corrected chi connectivity index (χ1v) is 6.66. The molecular weight excluding hydrogens is 222 g/mol. The van der Waals surface area contributed by atoms with Crippen molar-refractivity contribution in [2.45, 2.75) is 25.8 Å². The topological polar surface area (TPSA) is 23.5 Å². The van der Waals surface area contributed by atoms with Gasteiger partial charge in [0.2, 0.25) is 0 Å². The zero-order valence-electron chi connectivity index (χ0n) is 11.0. The minimum Gasteiger partial charge on any atom is -0.384 e. The Morgan fingerprint density at radius 2 is 2.11 bits per heavy atom. The van der Waals surface area contributed by atoms with Crippen LogP contribution in [0.15, 0.2) is 24.3 Å². The van der Waals surface area contributed by atoms with Gasteiger partial charge in [0.1, 0.15) is 6.61 Å². The SMILES string of the molecule is CN(Cc1ccccc1C#CCO)CC1CCC1. The van der Waals surface area contributed by atoms with Crippen LogP contribution in [0.25, 0.3) is 0 Å². The Labute approximate surface area is 110 Å². The first kappa shape index (κ1) is 13.1. The molecule has 0 spiro atoms. The fourth-order valence-corrected chi connectivity index (χ4v) is 2.39. The van der Waals surface area contributed by atoms with Crippen LogP contribution in [0.1, 0.15) is 30.4 Å². The van der Waals surface area contributed by atoms with E-state index in [2.05, 4.69) is 35.9 Å². The first-order chi connectivity index (χ1) is 8.79. The molecule has 0 heterocycles. The van der Waals surface area contributed by atoms with Crippen molar-refractivity contribution in [2.75, 3.05) is 20.2 Å². The second kappa shape index (κ2) is 6.58. The largest absolute Gasteiger partial charge is 0.384 e. The summed E-state index contributed by atoms with van der Waals surface area (Å²) < 4.78 is 0. The van der Waals surface area contributed by atoms with Crippen LogP contribution in [-0.2, 0) is 6.54 Å². The first-order valence-electron chi connectivity index (χ1n) is 6.66. The summed E-state index contributed by atoms with van der Waals surface area (Å²) in [5.41, 5.74) is 2.28. The highest BCUT2D eigenvalue weighted by Gasteiger charge is 2.19. The lowest BCUT2D eigenvalue weighted by Crippen LogP contribution is -2.29. The molecule has 1 aliphatic carbocycles. The highest BCUT2D eigenvalue weighted by molar-refractivity contribution is 5.41. The monoisotopic (exact) mass is 243 g/mol. The fourth-order valence-electron chi connectivity index (χ4n) is 2.39. The number of benzene rings is 1. The molecule has 0 unspecified atom stereocenters. The number of hydrogen-bond donors (Lipinski definition) is 1. The smallest absolute Gasteiger partial charge is 0.104 e. The molecule has 0 bridgehead atoms. The average Bonchev–Trinajstić information content (AvgIpc) is 2.33. The van der Waals surface area contributed by atoms with Crippen molar-refractivity contribution in [3.05, 3.63) is 35.4 Å². The van der Waals surface area contributed by atoms with Gasteiger partial charge in [-0.15, -0.1) is 0 Å². The van der Waals surface area contributed by atoms with Crippen molar-refractivity contribution in [1.29, 1.82) is 0 Å². The van der Waals surface area contributed by atoms with Crippen LogP contribution in [0.3, 0.4) is 0 Å². The molecule has 2 heteroatoms. The maximum absolute atomic E-state index is 8.77. The van der Waals surface area contributed by atoms with Gasteiger partial charge in [0.15, 0.2) is 0 Å². The van der Waals surface area contributed by atoms with Crippen LogP contribution < -0.4 is 0 Å². The van der Waals surface area contributed by atoms with Gasteiger partial charge in [-0.05, 0) is 37.4 Å². The maximum atomic E-state index is 8.77. The van der Waals surface area contributed by atoms with Crippen LogP contribution in [0.5, 0.6) is 0 Å². The molecule has 0 aliphatic heterocycles. The zero-order valence-corrected chi connectivity index (χ0v) is 11.0. The third-order valence-corrected chi connectivity index (χ3v) is 3.55. The standard InChI is InChI=1S/C16H21NO/c1-17(12-14-6-4-7-14)13-16-9-3-2-8-15(16)10-5-11-18/h2-3,8-9,14,18H,4,6-7,11-13H2,1H3. The number of nitrogens with zero attached hydrogens (tertiary/aromatic N) is 1. The van der Waals surface area contributed by atoms with Crippen LogP contribution in [0, 0.1) is 17.8 Å². The van der Waals surface area contributed by atoms with Gasteiger partial charge in [-0.25, -0.2) is 0 Å². The van der Waals surface area contributed by atoms with E-state index in [1.807, 2.05) is 12.1 Å². The predicted molar refractivity (Wildman–Crippen MR) is 74.1 cm³/mol. The minimum atomic E-state index is -0.0771. The summed E-state index contributed by atoms with van der Waals surface area (Å²) in [5.74, 6) is 6.65. The molecule has 18 heavy (non-hydrogen) atoms. The van der Waals surface area contributed by atoms with Gasteiger partial charge < -0.3 is 10.0 Å². The Hall–Kier alpha value is -1.30. The molecule has 2 rings (SSSR count). The minimum absolute atomic E-state index is 0.0771. The van der Waals surface area contributed by atoms with E-state index in [9.17, 15) is 0 Å². The quantitative estimate of drug-likeness (QED) is 0.820. The average molecular weight is 243 g/mol. The van der Waals surface area contributed by atoms with Gasteiger partial charge in [-0.3, -0.25) is 0 Å². The van der Waals surface area contributed by atoms with Crippen molar-refractivity contribution in [3.8, 4) is 11.8 Å². The number of hydrogen-bond acceptors (Lipinski definition) is 2. The van der Waals surface area contributed by atoms with Crippen molar-refractivity contribution >= 4 is 0 Å². The van der Waals surface area contributed by atoms with E-state index in [-0.39, 0.29) is 6.61 Å². The summed E-state index contributed by atoms with van der Waals surface area (Å²) in [6.07, 6.45) is 4.17. The number of rotatable bonds is 4. The van der Waals surface area contributed by atoms with Crippen LogP contribution in [0.4, 0.5) is 0 Å². The van der Waals surface area contributed by atoms with E-state index >= 15 is 0 Å². The molecular formula is C16H21NO. The summed E-state index contributed by atoms with van der Waals surface area (Å²) in [4.78, 5) is 2.38. The summed E-state index contributed by atoms with van der Waals surface area (Å²) in [6.45, 7) is 2.04. The second-order valence-electron chi connectivity index (χ2n) is 5.11. The van der Waals surface area contributed by atoms with Gasteiger partial charge >= 0.3 is 0 Å². The van der Waals surface area contributed by atoms with Gasteiger partial charge in [0, 0.05) is 18.7 Å². The van der Waals surface area contributed by atoms with E-state index in [1.165, 1.54) is 31.4 Å². The van der Waals surface area contributed by atoms with Crippen molar-refractivity contribution in [1.82, 2.24) is 4.90 Å². The molecule has 0 amide bonds. The van der Waals surface area contributed by atoms with Crippen LogP contribution in [-0.4, -0.2) is 30.2 Å². The highest BCUT2D eigenvalue weighted by atomic mass is 16.2. The molecule has 1 saturated carbocycles. The van der Waals surface area contributed by atoms with E-state index in [4.69, 9.17) is 5.11 Å². The van der Waals surface area contributed by atoms with Gasteiger partial charge in [0.05, 0.1) is 0 Å². The molecule has 1 aliphatic rings. The highest BCUT2D eigenvalue weighted by Crippen LogP contribution is 2.27. The number of aliphatic hydroxyl groups is 1. The molecule has 0 radical (unpaired) electrons. The lowest BCUT2D eigenvalue weighted by molar-refractivity contribution is 0.200. The molecule has 0 atom stereocenters. The number of aliphatic hydroxyl groups excluding tert-OH is 1. The van der Waals surface area contributed by atoms with Crippen molar-refractivity contribution in [2.24, 2.45) is 5.92 Å². The van der Waals surface area contributed by atoms with Gasteiger partial charge in [0.25, 0.3) is 0 Å². The summed E-state index contributed by atoms with van der Waals surface area (Å²) in [5, 5.41) is 8.77. The Morgan fingerprint density at radius 1 is 1.33 bits per heavy atom. The lowest BCUT2D eigenvalue weighted by atomic mass is 9.85. The predicted octanol–water partition coefficient (Wildman–Crippen LogP) is 2.26. The normalized spacial score (nSPS) is 15.1. The molecule has 0 aromatic heterocycles. The van der Waals surface area contributed by atoms with E-state index in [1.54, 1.807) is 0 Å². The van der Waals surface area contributed by atoms with E-state index in [0.29, 0.717) is 0 Å². The molecule has 96 valence electrons. The summed E-state index contributed by atoms with van der Waals surface area (Å²) >= 11 is 0. The van der Waals surface area contributed by atoms with E-state index < -0.39 is 0 Å². The van der Waals surface area contributed by atoms with Gasteiger partial charge in [-0.1, -0.05) is 36.5 Å². The Balaban J connectivity index is 1.98. The Bertz CT molecular complexity index is 440. The van der Waals surface area contributed by atoms with Gasteiger partial charge in [-0.2, -0.15) is 0 Å². The molecule has 2 nitrogen and oxygen atoms in total.